The van der Waals surface area contributed by atoms with Gasteiger partial charge in [-0.25, -0.2) is 4.39 Å². The lowest BCUT2D eigenvalue weighted by Crippen LogP contribution is -2.48. The van der Waals surface area contributed by atoms with Gasteiger partial charge in [-0.05, 0) is 78.9 Å². The minimum atomic E-state index is -0.424. The molecule has 0 aliphatic carbocycles. The molecule has 2 amide bonds. The van der Waals surface area contributed by atoms with Crippen LogP contribution in [0.2, 0.25) is 5.02 Å². The molecule has 1 saturated heterocycles. The van der Waals surface area contributed by atoms with Gasteiger partial charge in [0, 0.05) is 48.1 Å². The Morgan fingerprint density at radius 1 is 0.972 bits per heavy atom. The van der Waals surface area contributed by atoms with Crippen LogP contribution >= 0.6 is 23.8 Å². The standard InChI is InChI=1S/C26H24ClFN4O3S/c1-35-23-11-4-18(27)16-22(23)25(34)32-14-12-31(13-15-32)21-9-7-20(8-10-21)29-26(36)30-24(33)17-2-5-19(28)6-3-17/h2-11,16H,12-15H2,1H3,(H2,29,30,33,36). The Bertz CT molecular complexity index is 1260. The molecule has 1 aliphatic heterocycles. The molecule has 3 aromatic carbocycles. The molecule has 0 bridgehead atoms. The Morgan fingerprint density at radius 3 is 2.28 bits per heavy atom. The predicted molar refractivity (Wildman–Crippen MR) is 143 cm³/mol. The summed E-state index contributed by atoms with van der Waals surface area (Å²) in [5, 5.41) is 6.17. The maximum absolute atomic E-state index is 13.0. The molecule has 1 fully saturated rings. The fourth-order valence-electron chi connectivity index (χ4n) is 3.88. The first kappa shape index (κ1) is 25.4. The maximum Gasteiger partial charge on any atom is 0.257 e. The Kier molecular flexibility index (Phi) is 8.02. The third-order valence-corrected chi connectivity index (χ3v) is 6.22. The van der Waals surface area contributed by atoms with Gasteiger partial charge in [-0.3, -0.25) is 14.9 Å². The van der Waals surface area contributed by atoms with Crippen molar-refractivity contribution in [2.45, 2.75) is 0 Å². The Balaban J connectivity index is 1.30. The number of hydrogen-bond acceptors (Lipinski definition) is 5. The second kappa shape index (κ2) is 11.4. The summed E-state index contributed by atoms with van der Waals surface area (Å²) < 4.78 is 18.4. The van der Waals surface area contributed by atoms with Crippen molar-refractivity contribution >= 4 is 52.1 Å². The first-order chi connectivity index (χ1) is 17.3. The van der Waals surface area contributed by atoms with Gasteiger partial charge < -0.3 is 19.9 Å². The normalized spacial score (nSPS) is 13.2. The highest BCUT2D eigenvalue weighted by Crippen LogP contribution is 2.25. The van der Waals surface area contributed by atoms with Gasteiger partial charge in [-0.15, -0.1) is 0 Å². The summed E-state index contributed by atoms with van der Waals surface area (Å²) in [5.74, 6) is -0.444. The molecule has 0 spiro atoms. The monoisotopic (exact) mass is 526 g/mol. The zero-order chi connectivity index (χ0) is 25.7. The Morgan fingerprint density at radius 2 is 1.64 bits per heavy atom. The van der Waals surface area contributed by atoms with Crippen molar-refractivity contribution < 1.29 is 18.7 Å². The van der Waals surface area contributed by atoms with Crippen LogP contribution in [0, 0.1) is 5.82 Å². The highest BCUT2D eigenvalue weighted by molar-refractivity contribution is 7.80. The van der Waals surface area contributed by atoms with Crippen LogP contribution in [-0.4, -0.2) is 55.1 Å². The number of piperazine rings is 1. The van der Waals surface area contributed by atoms with Crippen LogP contribution in [0.15, 0.2) is 66.7 Å². The molecule has 7 nitrogen and oxygen atoms in total. The summed E-state index contributed by atoms with van der Waals surface area (Å²) in [6.07, 6.45) is 0. The van der Waals surface area contributed by atoms with Crippen molar-refractivity contribution in [1.82, 2.24) is 10.2 Å². The second-order valence-electron chi connectivity index (χ2n) is 8.09. The van der Waals surface area contributed by atoms with E-state index >= 15 is 0 Å². The van der Waals surface area contributed by atoms with Gasteiger partial charge in [0.25, 0.3) is 11.8 Å². The number of thiocarbonyl (C=S) groups is 1. The van der Waals surface area contributed by atoms with Crippen LogP contribution in [0.25, 0.3) is 0 Å². The van der Waals surface area contributed by atoms with Crippen molar-refractivity contribution in [3.8, 4) is 5.75 Å². The van der Waals surface area contributed by atoms with E-state index in [4.69, 9.17) is 28.6 Å². The van der Waals surface area contributed by atoms with Gasteiger partial charge in [-0.1, -0.05) is 11.6 Å². The lowest BCUT2D eigenvalue weighted by molar-refractivity contribution is 0.0743. The fraction of sp³-hybridized carbons (Fsp3) is 0.192. The van der Waals surface area contributed by atoms with Crippen LogP contribution in [0.4, 0.5) is 15.8 Å². The third kappa shape index (κ3) is 6.10. The molecular weight excluding hydrogens is 503 g/mol. The minimum Gasteiger partial charge on any atom is -0.496 e. The van der Waals surface area contributed by atoms with Gasteiger partial charge in [0.05, 0.1) is 12.7 Å². The number of amides is 2. The average molecular weight is 527 g/mol. The molecule has 3 aromatic rings. The van der Waals surface area contributed by atoms with E-state index in [2.05, 4.69) is 15.5 Å². The number of hydrogen-bond donors (Lipinski definition) is 2. The van der Waals surface area contributed by atoms with E-state index in [1.54, 1.807) is 23.1 Å². The maximum atomic E-state index is 13.0. The summed E-state index contributed by atoms with van der Waals surface area (Å²) >= 11 is 11.3. The first-order valence-corrected chi connectivity index (χ1v) is 12.0. The van der Waals surface area contributed by atoms with Crippen molar-refractivity contribution in [2.24, 2.45) is 0 Å². The summed E-state index contributed by atoms with van der Waals surface area (Å²) in [7, 11) is 1.53. The molecule has 36 heavy (non-hydrogen) atoms. The van der Waals surface area contributed by atoms with E-state index < -0.39 is 11.7 Å². The van der Waals surface area contributed by atoms with Gasteiger partial charge in [0.1, 0.15) is 11.6 Å². The van der Waals surface area contributed by atoms with E-state index in [9.17, 15) is 14.0 Å². The molecule has 186 valence electrons. The summed E-state index contributed by atoms with van der Waals surface area (Å²) in [5.41, 5.74) is 2.48. The predicted octanol–water partition coefficient (Wildman–Crippen LogP) is 4.58. The molecule has 1 aliphatic rings. The quantitative estimate of drug-likeness (QED) is 0.474. The summed E-state index contributed by atoms with van der Waals surface area (Å²) in [4.78, 5) is 29.2. The highest BCUT2D eigenvalue weighted by Gasteiger charge is 2.24. The van der Waals surface area contributed by atoms with Crippen LogP contribution in [0.1, 0.15) is 20.7 Å². The summed E-state index contributed by atoms with van der Waals surface area (Å²) in [6.45, 7) is 2.48. The van der Waals surface area contributed by atoms with Crippen molar-refractivity contribution in [2.75, 3.05) is 43.5 Å². The average Bonchev–Trinajstić information content (AvgIpc) is 2.89. The molecule has 1 heterocycles. The zero-order valence-corrected chi connectivity index (χ0v) is 21.0. The molecule has 2 N–H and O–H groups in total. The van der Waals surface area contributed by atoms with E-state index in [-0.39, 0.29) is 11.0 Å². The molecule has 0 aromatic heterocycles. The minimum absolute atomic E-state index is 0.107. The number of ether oxygens (including phenoxy) is 1. The number of methoxy groups -OCH3 is 1. The number of nitrogens with zero attached hydrogens (tertiary/aromatic N) is 2. The highest BCUT2D eigenvalue weighted by atomic mass is 35.5. The lowest BCUT2D eigenvalue weighted by atomic mass is 10.1. The zero-order valence-electron chi connectivity index (χ0n) is 19.5. The van der Waals surface area contributed by atoms with E-state index in [1.807, 2.05) is 24.3 Å². The number of carbonyl (C=O) groups is 2. The van der Waals surface area contributed by atoms with Crippen LogP contribution in [0.3, 0.4) is 0 Å². The van der Waals surface area contributed by atoms with E-state index in [0.717, 1.165) is 5.69 Å². The first-order valence-electron chi connectivity index (χ1n) is 11.2. The van der Waals surface area contributed by atoms with Crippen LogP contribution in [0.5, 0.6) is 5.75 Å². The number of carbonyl (C=O) groups excluding carboxylic acids is 2. The van der Waals surface area contributed by atoms with Gasteiger partial charge >= 0.3 is 0 Å². The molecule has 0 unspecified atom stereocenters. The molecule has 4 rings (SSSR count). The van der Waals surface area contributed by atoms with Gasteiger partial charge in [0.15, 0.2) is 5.11 Å². The van der Waals surface area contributed by atoms with Crippen LogP contribution in [-0.2, 0) is 0 Å². The second-order valence-corrected chi connectivity index (χ2v) is 8.93. The third-order valence-electron chi connectivity index (χ3n) is 5.78. The van der Waals surface area contributed by atoms with Crippen molar-refractivity contribution in [3.63, 3.8) is 0 Å². The molecule has 10 heteroatoms. The molecular formula is C26H24ClFN4O3S. The van der Waals surface area contributed by atoms with Crippen molar-refractivity contribution in [3.05, 3.63) is 88.7 Å². The van der Waals surface area contributed by atoms with Crippen LogP contribution < -0.4 is 20.3 Å². The number of anilines is 2. The number of rotatable bonds is 5. The summed E-state index contributed by atoms with van der Waals surface area (Å²) in [6, 6.07) is 17.9. The molecule has 0 atom stereocenters. The SMILES string of the molecule is COc1ccc(Cl)cc1C(=O)N1CCN(c2ccc(NC(=S)NC(=O)c3ccc(F)cc3)cc2)CC1. The molecule has 0 radical (unpaired) electrons. The van der Waals surface area contributed by atoms with Gasteiger partial charge in [0.2, 0.25) is 0 Å². The lowest BCUT2D eigenvalue weighted by Gasteiger charge is -2.36. The number of halogens is 2. The van der Waals surface area contributed by atoms with E-state index in [0.29, 0.717) is 53.8 Å². The molecule has 0 saturated carbocycles. The van der Waals surface area contributed by atoms with Crippen molar-refractivity contribution in [1.29, 1.82) is 0 Å². The number of nitrogens with one attached hydrogen (secondary N) is 2. The number of benzene rings is 3. The van der Waals surface area contributed by atoms with E-state index in [1.165, 1.54) is 31.4 Å². The smallest absolute Gasteiger partial charge is 0.257 e. The fourth-order valence-corrected chi connectivity index (χ4v) is 4.26. The Hall–Kier alpha value is -3.69. The van der Waals surface area contributed by atoms with Gasteiger partial charge in [-0.2, -0.15) is 0 Å². The Labute approximate surface area is 218 Å². The topological polar surface area (TPSA) is 73.9 Å². The largest absolute Gasteiger partial charge is 0.496 e.